The van der Waals surface area contributed by atoms with E-state index in [1.165, 1.54) is 10.6 Å². The fraction of sp³-hybridized carbons (Fsp3) is 0.462. The monoisotopic (exact) mass is 508 g/mol. The van der Waals surface area contributed by atoms with Crippen LogP contribution in [0.15, 0.2) is 52.4 Å². The van der Waals surface area contributed by atoms with Crippen molar-refractivity contribution in [2.45, 2.75) is 63.2 Å². The summed E-state index contributed by atoms with van der Waals surface area (Å²) in [6.07, 6.45) is 9.93. The van der Waals surface area contributed by atoms with Crippen molar-refractivity contribution in [3.8, 4) is 0 Å². The molecule has 0 amide bonds. The third-order valence-corrected chi connectivity index (χ3v) is 8.58. The normalized spacial score (nSPS) is 21.4. The largest absolute Gasteiger partial charge is 0.333 e. The van der Waals surface area contributed by atoms with Gasteiger partial charge in [-0.05, 0) is 68.2 Å². The molecule has 0 spiro atoms. The highest BCUT2D eigenvalue weighted by atomic mass is 32.2. The first-order chi connectivity index (χ1) is 17.6. The van der Waals surface area contributed by atoms with Crippen LogP contribution in [-0.4, -0.2) is 41.1 Å². The first-order valence-corrected chi connectivity index (χ1v) is 13.8. The predicted octanol–water partition coefficient (Wildman–Crippen LogP) is 3.69. The van der Waals surface area contributed by atoms with Gasteiger partial charge >= 0.3 is 5.69 Å². The highest BCUT2D eigenvalue weighted by molar-refractivity contribution is 7.99. The van der Waals surface area contributed by atoms with Gasteiger partial charge in [-0.1, -0.05) is 6.07 Å². The molecule has 0 atom stereocenters. The summed E-state index contributed by atoms with van der Waals surface area (Å²) < 4.78 is 19.2. The lowest BCUT2D eigenvalue weighted by atomic mass is 9.91. The molecule has 1 saturated carbocycles. The molecule has 0 unspecified atom stereocenters. The van der Waals surface area contributed by atoms with Gasteiger partial charge in [-0.15, -0.1) is 0 Å². The molecule has 6 rings (SSSR count). The zero-order chi connectivity index (χ0) is 24.6. The average molecular weight is 509 g/mol. The Morgan fingerprint density at radius 1 is 1.03 bits per heavy atom. The number of hydrogen-bond donors (Lipinski definition) is 1. The molecule has 10 heteroatoms. The quantitative estimate of drug-likeness (QED) is 0.443. The van der Waals surface area contributed by atoms with Gasteiger partial charge in [-0.25, -0.2) is 19.2 Å². The summed E-state index contributed by atoms with van der Waals surface area (Å²) in [6, 6.07) is 7.24. The summed E-state index contributed by atoms with van der Waals surface area (Å²) in [5, 5.41) is 3.79. The van der Waals surface area contributed by atoms with Crippen LogP contribution in [-0.2, 0) is 6.54 Å². The van der Waals surface area contributed by atoms with Crippen molar-refractivity contribution in [3.05, 3.63) is 75.2 Å². The lowest BCUT2D eigenvalue weighted by Crippen LogP contribution is -2.46. The molecule has 4 aromatic rings. The molecule has 4 aromatic heterocycles. The van der Waals surface area contributed by atoms with Crippen LogP contribution in [0.25, 0.3) is 16.7 Å². The van der Waals surface area contributed by atoms with Gasteiger partial charge in [0, 0.05) is 37.1 Å². The summed E-state index contributed by atoms with van der Waals surface area (Å²) in [6.45, 7) is 0.671. The van der Waals surface area contributed by atoms with Crippen molar-refractivity contribution < 1.29 is 4.39 Å². The molecule has 1 aliphatic carbocycles. The smallest absolute Gasteiger partial charge is 0.308 e. The second kappa shape index (κ2) is 9.82. The van der Waals surface area contributed by atoms with Gasteiger partial charge < -0.3 is 9.72 Å². The van der Waals surface area contributed by atoms with Crippen LogP contribution in [0.4, 0.5) is 4.39 Å². The molecule has 36 heavy (non-hydrogen) atoms. The van der Waals surface area contributed by atoms with E-state index in [0.717, 1.165) is 54.7 Å². The molecule has 1 aliphatic heterocycles. The van der Waals surface area contributed by atoms with Gasteiger partial charge in [0.05, 0.1) is 17.3 Å². The highest BCUT2D eigenvalue weighted by Crippen LogP contribution is 2.30. The second-order valence-electron chi connectivity index (χ2n) is 9.78. The first-order valence-electron chi connectivity index (χ1n) is 12.6. The van der Waals surface area contributed by atoms with Gasteiger partial charge in [0.15, 0.2) is 0 Å². The first kappa shape index (κ1) is 23.4. The van der Waals surface area contributed by atoms with Gasteiger partial charge in [0.25, 0.3) is 5.56 Å². The lowest BCUT2D eigenvalue weighted by molar-refractivity contribution is 0.274. The number of nitrogens with zero attached hydrogens (tertiary/aromatic N) is 5. The zero-order valence-electron chi connectivity index (χ0n) is 20.0. The molecular weight excluding hydrogens is 479 g/mol. The van der Waals surface area contributed by atoms with Crippen LogP contribution >= 0.6 is 11.8 Å². The summed E-state index contributed by atoms with van der Waals surface area (Å²) in [5.41, 5.74) is 1.49. The minimum absolute atomic E-state index is 0.0190. The van der Waals surface area contributed by atoms with E-state index >= 15 is 0 Å². The van der Waals surface area contributed by atoms with E-state index in [-0.39, 0.29) is 23.2 Å². The predicted molar refractivity (Wildman–Crippen MR) is 139 cm³/mol. The van der Waals surface area contributed by atoms with Crippen molar-refractivity contribution in [2.24, 2.45) is 0 Å². The Morgan fingerprint density at radius 3 is 2.58 bits per heavy atom. The molecule has 2 aliphatic rings. The van der Waals surface area contributed by atoms with Crippen LogP contribution in [0, 0.1) is 5.82 Å². The Balaban J connectivity index is 1.23. The van der Waals surface area contributed by atoms with Crippen molar-refractivity contribution in [1.82, 2.24) is 28.8 Å². The van der Waals surface area contributed by atoms with E-state index in [1.54, 1.807) is 4.57 Å². The van der Waals surface area contributed by atoms with Crippen LogP contribution in [0.2, 0.25) is 0 Å². The Morgan fingerprint density at radius 2 is 1.81 bits per heavy atom. The fourth-order valence-corrected chi connectivity index (χ4v) is 6.74. The number of thioether (sulfide) groups is 1. The van der Waals surface area contributed by atoms with Crippen LogP contribution < -0.4 is 16.6 Å². The third-order valence-electron chi connectivity index (χ3n) is 7.53. The minimum Gasteiger partial charge on any atom is -0.308 e. The summed E-state index contributed by atoms with van der Waals surface area (Å²) >= 11 is 1.87. The summed E-state index contributed by atoms with van der Waals surface area (Å²) in [4.78, 5) is 36.0. The van der Waals surface area contributed by atoms with E-state index in [0.29, 0.717) is 31.1 Å². The highest BCUT2D eigenvalue weighted by Gasteiger charge is 2.29. The maximum atomic E-state index is 14.1. The molecule has 0 aromatic carbocycles. The van der Waals surface area contributed by atoms with Gasteiger partial charge in [0.1, 0.15) is 17.1 Å². The molecule has 2 fully saturated rings. The molecule has 8 nitrogen and oxygen atoms in total. The number of hydrogen-bond acceptors (Lipinski definition) is 6. The van der Waals surface area contributed by atoms with E-state index < -0.39 is 11.4 Å². The van der Waals surface area contributed by atoms with Gasteiger partial charge in [-0.3, -0.25) is 13.9 Å². The Bertz CT molecular complexity index is 1480. The van der Waals surface area contributed by atoms with Crippen LogP contribution in [0.5, 0.6) is 0 Å². The van der Waals surface area contributed by atoms with Crippen molar-refractivity contribution in [1.29, 1.82) is 0 Å². The third kappa shape index (κ3) is 4.37. The average Bonchev–Trinajstić information content (AvgIpc) is 3.32. The number of rotatable bonds is 5. The van der Waals surface area contributed by atoms with Crippen LogP contribution in [0.3, 0.4) is 0 Å². The van der Waals surface area contributed by atoms with E-state index in [2.05, 4.69) is 15.3 Å². The molecule has 0 radical (unpaired) electrons. The molecule has 188 valence electrons. The number of imidazole rings is 1. The number of fused-ring (bicyclic) bond motifs is 2. The molecular formula is C26H29FN6O2S. The molecule has 5 heterocycles. The van der Waals surface area contributed by atoms with Gasteiger partial charge in [-0.2, -0.15) is 11.8 Å². The molecule has 1 N–H and O–H groups in total. The number of nitrogens with one attached hydrogen (secondary N) is 1. The maximum absolute atomic E-state index is 14.1. The Kier molecular flexibility index (Phi) is 6.39. The summed E-state index contributed by atoms with van der Waals surface area (Å²) in [5.74, 6) is 1.36. The Hall–Kier alpha value is -2.98. The summed E-state index contributed by atoms with van der Waals surface area (Å²) in [7, 11) is 0. The maximum Gasteiger partial charge on any atom is 0.333 e. The number of pyridine rings is 2. The van der Waals surface area contributed by atoms with Gasteiger partial charge in [0.2, 0.25) is 0 Å². The standard InChI is InChI=1S/C26H29FN6O2S/c27-17-13-22-24(29-14-17)32(21-8-11-36-12-9-21)26(35)33(25(22)34)20-6-4-18(5-7-20)28-15-19-16-31-10-2-1-3-23(31)30-19/h1-3,10,13-14,16,18,20-21,28H,4-9,11-12,15H2/t18-,20+. The second-order valence-corrected chi connectivity index (χ2v) is 11.0. The van der Waals surface area contributed by atoms with E-state index in [9.17, 15) is 14.0 Å². The van der Waals surface area contributed by atoms with Crippen molar-refractivity contribution in [3.63, 3.8) is 0 Å². The Labute approximate surface area is 211 Å². The van der Waals surface area contributed by atoms with E-state index in [1.807, 2.05) is 46.8 Å². The SMILES string of the molecule is O=c1c2cc(F)cnc2n(C2CCSCC2)c(=O)n1[C@H]1CC[C@@H](NCc2cn3ccccc3n2)CC1. The van der Waals surface area contributed by atoms with E-state index in [4.69, 9.17) is 0 Å². The number of halogens is 1. The van der Waals surface area contributed by atoms with Crippen molar-refractivity contribution >= 4 is 28.4 Å². The number of aromatic nitrogens is 5. The minimum atomic E-state index is -0.560. The zero-order valence-corrected chi connectivity index (χ0v) is 20.8. The van der Waals surface area contributed by atoms with Crippen LogP contribution in [0.1, 0.15) is 56.3 Å². The lowest BCUT2D eigenvalue weighted by Gasteiger charge is -2.31. The molecule has 1 saturated heterocycles. The topological polar surface area (TPSA) is 86.2 Å². The molecule has 0 bridgehead atoms. The fourth-order valence-electron chi connectivity index (χ4n) is 5.66. The van der Waals surface area contributed by atoms with Crippen molar-refractivity contribution in [2.75, 3.05) is 11.5 Å².